The fraction of sp³-hybridized carbons (Fsp3) is 0.371. The molecule has 3 aromatic carbocycles. The summed E-state index contributed by atoms with van der Waals surface area (Å²) >= 11 is 0. The fourth-order valence-corrected chi connectivity index (χ4v) is 6.35. The molecular weight excluding hydrogens is 559 g/mol. The monoisotopic (exact) mass is 598 g/mol. The first-order chi connectivity index (χ1) is 21.3. The van der Waals surface area contributed by atoms with Crippen LogP contribution in [0.3, 0.4) is 0 Å². The van der Waals surface area contributed by atoms with Gasteiger partial charge in [0.15, 0.2) is 17.3 Å². The standard InChI is InChI=1S/C35H39FN4O4/c1-35(2)21-28-33(30(41)22-35)34(24-12-13-26(36)31(20-24)44-25-8-4-3-5-9-25)40(29-11-7-6-10-27(29)38-28)23-32(42)37-14-15-39-16-18-43-19-17-39/h3-13,20,34,38H,14-19,21-23H2,1-2H3,(H,37,42). The minimum atomic E-state index is -0.645. The molecule has 3 aliphatic rings. The molecular formula is C35H39FN4O4. The van der Waals surface area contributed by atoms with Crippen molar-refractivity contribution >= 4 is 23.1 Å². The summed E-state index contributed by atoms with van der Waals surface area (Å²) in [5.74, 6) is -0.103. The number of nitrogens with one attached hydrogen (secondary N) is 2. The number of morpholine rings is 1. The smallest absolute Gasteiger partial charge is 0.239 e. The zero-order valence-electron chi connectivity index (χ0n) is 25.3. The maximum absolute atomic E-state index is 15.1. The Labute approximate surface area is 257 Å². The van der Waals surface area contributed by atoms with Crippen LogP contribution in [0, 0.1) is 11.2 Å². The van der Waals surface area contributed by atoms with Crippen LogP contribution in [0.4, 0.5) is 15.8 Å². The average Bonchev–Trinajstić information content (AvgIpc) is 3.13. The summed E-state index contributed by atoms with van der Waals surface area (Å²) in [4.78, 5) is 31.8. The Balaban J connectivity index is 1.39. The van der Waals surface area contributed by atoms with Crippen molar-refractivity contribution in [2.24, 2.45) is 5.41 Å². The van der Waals surface area contributed by atoms with Crippen LogP contribution in [0.25, 0.3) is 0 Å². The number of amides is 1. The Morgan fingerprint density at radius 2 is 1.80 bits per heavy atom. The number of hydrogen-bond donors (Lipinski definition) is 2. The highest BCUT2D eigenvalue weighted by molar-refractivity contribution is 6.02. The van der Waals surface area contributed by atoms with Crippen molar-refractivity contribution in [2.75, 3.05) is 56.2 Å². The minimum absolute atomic E-state index is 0.00613. The van der Waals surface area contributed by atoms with E-state index in [9.17, 15) is 9.59 Å². The molecule has 2 heterocycles. The number of hydrogen-bond acceptors (Lipinski definition) is 7. The molecule has 1 atom stereocenters. The molecule has 3 aromatic rings. The molecule has 0 aromatic heterocycles. The number of rotatable bonds is 8. The van der Waals surface area contributed by atoms with E-state index in [4.69, 9.17) is 9.47 Å². The summed E-state index contributed by atoms with van der Waals surface area (Å²) in [5.41, 5.74) is 3.46. The summed E-state index contributed by atoms with van der Waals surface area (Å²) < 4.78 is 26.5. The number of carbonyl (C=O) groups excluding carboxylic acids is 2. The zero-order valence-corrected chi connectivity index (χ0v) is 25.3. The van der Waals surface area contributed by atoms with Gasteiger partial charge in [-0.3, -0.25) is 14.5 Å². The first-order valence-electron chi connectivity index (χ1n) is 15.3. The van der Waals surface area contributed by atoms with Crippen molar-refractivity contribution in [1.29, 1.82) is 0 Å². The number of Topliss-reactive ketones (excluding diaryl/α,β-unsaturated/α-hetero) is 1. The van der Waals surface area contributed by atoms with Crippen LogP contribution < -0.4 is 20.3 Å². The van der Waals surface area contributed by atoms with Crippen LogP contribution in [0.15, 0.2) is 84.1 Å². The molecule has 1 fully saturated rings. The lowest BCUT2D eigenvalue weighted by atomic mass is 9.73. The van der Waals surface area contributed by atoms with Gasteiger partial charge in [0.1, 0.15) is 5.75 Å². The number of allylic oxidation sites excluding steroid dienone is 1. The van der Waals surface area contributed by atoms with Gasteiger partial charge in [-0.1, -0.05) is 50.2 Å². The predicted molar refractivity (Wildman–Crippen MR) is 168 cm³/mol. The summed E-state index contributed by atoms with van der Waals surface area (Å²) in [7, 11) is 0. The molecule has 0 radical (unpaired) electrons. The molecule has 0 bridgehead atoms. The van der Waals surface area contributed by atoms with Crippen molar-refractivity contribution in [3.8, 4) is 11.5 Å². The maximum Gasteiger partial charge on any atom is 0.239 e. The molecule has 6 rings (SSSR count). The first kappa shape index (κ1) is 29.8. The number of benzene rings is 3. The number of anilines is 2. The maximum atomic E-state index is 15.1. The number of carbonyl (C=O) groups is 2. The molecule has 2 N–H and O–H groups in total. The molecule has 8 nitrogen and oxygen atoms in total. The lowest BCUT2D eigenvalue weighted by molar-refractivity contribution is -0.120. The van der Waals surface area contributed by atoms with E-state index in [-0.39, 0.29) is 29.4 Å². The van der Waals surface area contributed by atoms with E-state index < -0.39 is 11.9 Å². The topological polar surface area (TPSA) is 83.1 Å². The highest BCUT2D eigenvalue weighted by Gasteiger charge is 2.42. The number of para-hydroxylation sites is 3. The number of fused-ring (bicyclic) bond motifs is 1. The van der Waals surface area contributed by atoms with Gasteiger partial charge in [-0.15, -0.1) is 0 Å². The molecule has 1 saturated heterocycles. The van der Waals surface area contributed by atoms with Crippen LogP contribution >= 0.6 is 0 Å². The van der Waals surface area contributed by atoms with Gasteiger partial charge in [-0.25, -0.2) is 4.39 Å². The summed E-state index contributed by atoms with van der Waals surface area (Å²) in [6, 6.07) is 20.9. The molecule has 1 aliphatic carbocycles. The Morgan fingerprint density at radius 3 is 2.59 bits per heavy atom. The molecule has 1 amide bonds. The first-order valence-corrected chi connectivity index (χ1v) is 15.3. The van der Waals surface area contributed by atoms with E-state index in [0.717, 1.165) is 36.7 Å². The van der Waals surface area contributed by atoms with Crippen molar-refractivity contribution in [3.05, 3.63) is 95.4 Å². The number of halogens is 1. The van der Waals surface area contributed by atoms with Crippen LogP contribution in [0.1, 0.15) is 38.3 Å². The molecule has 2 aliphatic heterocycles. The van der Waals surface area contributed by atoms with Crippen molar-refractivity contribution < 1.29 is 23.5 Å². The summed E-state index contributed by atoms with van der Waals surface area (Å²) in [6.45, 7) is 8.50. The van der Waals surface area contributed by atoms with Gasteiger partial charge in [0.2, 0.25) is 5.91 Å². The number of ether oxygens (including phenoxy) is 2. The predicted octanol–water partition coefficient (Wildman–Crippen LogP) is 5.68. The Hall–Kier alpha value is -4.21. The third-order valence-electron chi connectivity index (χ3n) is 8.41. The second-order valence-corrected chi connectivity index (χ2v) is 12.4. The van der Waals surface area contributed by atoms with Crippen LogP contribution in [0.2, 0.25) is 0 Å². The van der Waals surface area contributed by atoms with E-state index >= 15 is 4.39 Å². The molecule has 230 valence electrons. The zero-order chi connectivity index (χ0) is 30.7. The molecule has 0 saturated carbocycles. The summed E-state index contributed by atoms with van der Waals surface area (Å²) in [5, 5.41) is 6.64. The van der Waals surface area contributed by atoms with Crippen LogP contribution in [-0.2, 0) is 14.3 Å². The van der Waals surface area contributed by atoms with Gasteiger partial charge in [0, 0.05) is 43.9 Å². The minimum Gasteiger partial charge on any atom is -0.454 e. The van der Waals surface area contributed by atoms with Crippen molar-refractivity contribution in [1.82, 2.24) is 10.2 Å². The van der Waals surface area contributed by atoms with Crippen LogP contribution in [-0.4, -0.2) is 62.5 Å². The molecule has 0 spiro atoms. The van der Waals surface area contributed by atoms with E-state index in [0.29, 0.717) is 49.5 Å². The van der Waals surface area contributed by atoms with Crippen molar-refractivity contribution in [3.63, 3.8) is 0 Å². The Kier molecular flexibility index (Phi) is 8.68. The Bertz CT molecular complexity index is 1550. The van der Waals surface area contributed by atoms with Gasteiger partial charge in [-0.2, -0.15) is 0 Å². The van der Waals surface area contributed by atoms with E-state index in [2.05, 4.69) is 29.4 Å². The highest BCUT2D eigenvalue weighted by atomic mass is 19.1. The number of ketones is 1. The molecule has 44 heavy (non-hydrogen) atoms. The molecule has 1 unspecified atom stereocenters. The fourth-order valence-electron chi connectivity index (χ4n) is 6.35. The lowest BCUT2D eigenvalue weighted by Gasteiger charge is -2.38. The second kappa shape index (κ2) is 12.8. The largest absolute Gasteiger partial charge is 0.454 e. The van der Waals surface area contributed by atoms with E-state index in [1.165, 1.54) is 6.07 Å². The third kappa shape index (κ3) is 6.64. The summed E-state index contributed by atoms with van der Waals surface area (Å²) in [6.07, 6.45) is 1.03. The second-order valence-electron chi connectivity index (χ2n) is 12.4. The Morgan fingerprint density at radius 1 is 1.05 bits per heavy atom. The lowest BCUT2D eigenvalue weighted by Crippen LogP contribution is -2.45. The SMILES string of the molecule is CC1(C)CC(=O)C2=C(C1)Nc1ccccc1N(CC(=O)NCCN1CCOCC1)C2c1ccc(F)c(Oc2ccccc2)c1. The van der Waals surface area contributed by atoms with Gasteiger partial charge in [-0.05, 0) is 53.8 Å². The molecule has 9 heteroatoms. The quantitative estimate of drug-likeness (QED) is 0.345. The van der Waals surface area contributed by atoms with Gasteiger partial charge >= 0.3 is 0 Å². The van der Waals surface area contributed by atoms with Gasteiger partial charge in [0.25, 0.3) is 0 Å². The van der Waals surface area contributed by atoms with E-state index in [1.807, 2.05) is 47.4 Å². The number of nitrogens with zero attached hydrogens (tertiary/aromatic N) is 2. The van der Waals surface area contributed by atoms with Crippen LogP contribution in [0.5, 0.6) is 11.5 Å². The third-order valence-corrected chi connectivity index (χ3v) is 8.41. The van der Waals surface area contributed by atoms with Gasteiger partial charge < -0.3 is 25.0 Å². The normalized spacial score (nSPS) is 19.8. The highest BCUT2D eigenvalue weighted by Crippen LogP contribution is 2.48. The van der Waals surface area contributed by atoms with E-state index in [1.54, 1.807) is 24.3 Å². The average molecular weight is 599 g/mol. The van der Waals surface area contributed by atoms with Crippen molar-refractivity contribution in [2.45, 2.75) is 32.7 Å². The van der Waals surface area contributed by atoms with Gasteiger partial charge in [0.05, 0.1) is 37.2 Å².